The van der Waals surface area contributed by atoms with E-state index in [2.05, 4.69) is 0 Å². The van der Waals surface area contributed by atoms with Crippen LogP contribution >= 0.6 is 0 Å². The lowest BCUT2D eigenvalue weighted by Crippen LogP contribution is -2.09. The Kier molecular flexibility index (Phi) is 2.01. The molecule has 0 unspecified atom stereocenters. The normalized spacial score (nSPS) is 10.9. The number of aromatic nitrogens is 1. The van der Waals surface area contributed by atoms with Crippen LogP contribution in [0.25, 0.3) is 11.1 Å². The van der Waals surface area contributed by atoms with E-state index >= 15 is 0 Å². The van der Waals surface area contributed by atoms with Gasteiger partial charge in [0.05, 0.1) is 6.26 Å². The third-order valence-corrected chi connectivity index (χ3v) is 1.98. The van der Waals surface area contributed by atoms with Gasteiger partial charge in [-0.05, 0) is 12.1 Å². The molecule has 74 valence electrons. The lowest BCUT2D eigenvalue weighted by Gasteiger charge is -2.03. The quantitative estimate of drug-likeness (QED) is 0.806. The molecule has 1 N–H and O–H groups in total. The average Bonchev–Trinajstić information content (AvgIpc) is 2.67. The first-order valence-electron chi connectivity index (χ1n) is 4.03. The van der Waals surface area contributed by atoms with Gasteiger partial charge in [0.25, 0.3) is 0 Å². The molecular weight excluding hydrogens is 186 g/mol. The molecule has 0 atom stereocenters. The average molecular weight is 195 g/mol. The first-order chi connectivity index (χ1) is 6.74. The minimum absolute atomic E-state index is 0.165. The molecule has 0 saturated heterocycles. The number of hydrogen-bond acceptors (Lipinski definition) is 3. The monoisotopic (exact) mass is 195 g/mol. The van der Waals surface area contributed by atoms with Crippen molar-refractivity contribution < 1.29 is 19.1 Å². The molecule has 0 aliphatic carbocycles. The van der Waals surface area contributed by atoms with E-state index in [1.54, 1.807) is 12.1 Å². The molecule has 0 aliphatic heterocycles. The fraction of sp³-hybridized carbons (Fsp3) is 0.222. The smallest absolute Gasteiger partial charge is 0.352 e. The molecule has 2 heterocycles. The Balaban J connectivity index is 2.63. The molecule has 2 aromatic heterocycles. The van der Waals surface area contributed by atoms with Crippen molar-refractivity contribution in [1.29, 1.82) is 0 Å². The molecule has 2 aromatic rings. The van der Waals surface area contributed by atoms with Crippen molar-refractivity contribution in [3.8, 4) is 0 Å². The summed E-state index contributed by atoms with van der Waals surface area (Å²) in [7, 11) is 1.50. The molecule has 5 nitrogen and oxygen atoms in total. The maximum absolute atomic E-state index is 10.8. The number of rotatable bonds is 3. The van der Waals surface area contributed by atoms with Gasteiger partial charge in [-0.1, -0.05) is 0 Å². The summed E-state index contributed by atoms with van der Waals surface area (Å²) in [6.45, 7) is 0.165. The van der Waals surface area contributed by atoms with E-state index in [0.717, 1.165) is 5.39 Å². The van der Waals surface area contributed by atoms with Crippen LogP contribution in [0.5, 0.6) is 0 Å². The summed E-state index contributed by atoms with van der Waals surface area (Å²) in [4.78, 5) is 10.8. The Labute approximate surface area is 79.5 Å². The number of carboxylic acid groups (broad SMARTS) is 1. The highest BCUT2D eigenvalue weighted by Gasteiger charge is 2.15. The van der Waals surface area contributed by atoms with Gasteiger partial charge in [0.1, 0.15) is 12.4 Å². The Morgan fingerprint density at radius 3 is 3.14 bits per heavy atom. The fourth-order valence-corrected chi connectivity index (χ4v) is 1.41. The number of carbonyl (C=O) groups is 1. The topological polar surface area (TPSA) is 64.6 Å². The Morgan fingerprint density at radius 1 is 1.71 bits per heavy atom. The van der Waals surface area contributed by atoms with Crippen LogP contribution in [0.4, 0.5) is 0 Å². The van der Waals surface area contributed by atoms with E-state index < -0.39 is 5.97 Å². The Hall–Kier alpha value is -1.75. The van der Waals surface area contributed by atoms with Gasteiger partial charge >= 0.3 is 5.97 Å². The van der Waals surface area contributed by atoms with E-state index in [4.69, 9.17) is 14.3 Å². The van der Waals surface area contributed by atoms with Crippen molar-refractivity contribution in [3.63, 3.8) is 0 Å². The van der Waals surface area contributed by atoms with Gasteiger partial charge < -0.3 is 14.3 Å². The van der Waals surface area contributed by atoms with E-state index in [0.29, 0.717) is 5.71 Å². The van der Waals surface area contributed by atoms with E-state index in [1.165, 1.54) is 17.9 Å². The molecule has 0 fully saturated rings. The molecule has 0 radical (unpaired) electrons. The van der Waals surface area contributed by atoms with Crippen molar-refractivity contribution in [1.82, 2.24) is 4.57 Å². The molecular formula is C9H9NO4. The van der Waals surface area contributed by atoms with Crippen LogP contribution in [0.3, 0.4) is 0 Å². The van der Waals surface area contributed by atoms with Crippen LogP contribution in [0.2, 0.25) is 0 Å². The van der Waals surface area contributed by atoms with Crippen LogP contribution in [0.1, 0.15) is 10.5 Å². The van der Waals surface area contributed by atoms with Gasteiger partial charge in [-0.25, -0.2) is 4.79 Å². The highest BCUT2D eigenvalue weighted by atomic mass is 16.5. The summed E-state index contributed by atoms with van der Waals surface area (Å²) in [6.07, 6.45) is 1.52. The number of ether oxygens (including phenoxy) is 1. The van der Waals surface area contributed by atoms with Gasteiger partial charge in [-0.2, -0.15) is 0 Å². The second kappa shape index (κ2) is 3.19. The van der Waals surface area contributed by atoms with Crippen LogP contribution in [0.15, 0.2) is 22.8 Å². The lowest BCUT2D eigenvalue weighted by atomic mass is 10.4. The van der Waals surface area contributed by atoms with E-state index in [9.17, 15) is 4.79 Å². The molecule has 2 rings (SSSR count). The summed E-state index contributed by atoms with van der Waals surface area (Å²) >= 11 is 0. The standard InChI is InChI=1S/C9H9NO4/c1-13-5-10-7(9(11)12)4-6-2-3-14-8(6)10/h2-4H,5H2,1H3,(H,11,12). The minimum Gasteiger partial charge on any atom is -0.477 e. The highest BCUT2D eigenvalue weighted by Crippen LogP contribution is 2.20. The molecule has 0 aliphatic rings. The van der Waals surface area contributed by atoms with Crippen molar-refractivity contribution in [2.24, 2.45) is 0 Å². The number of carboxylic acids is 1. The summed E-state index contributed by atoms with van der Waals surface area (Å²) < 4.78 is 11.5. The first-order valence-corrected chi connectivity index (χ1v) is 4.03. The minimum atomic E-state index is -0.992. The van der Waals surface area contributed by atoms with E-state index in [1.807, 2.05) is 0 Å². The first kappa shape index (κ1) is 8.83. The van der Waals surface area contributed by atoms with Crippen LogP contribution in [-0.4, -0.2) is 22.8 Å². The zero-order chi connectivity index (χ0) is 10.1. The van der Waals surface area contributed by atoms with Crippen molar-refractivity contribution in [2.45, 2.75) is 6.73 Å². The molecule has 5 heteroatoms. The number of furan rings is 1. The molecule has 0 spiro atoms. The second-order valence-electron chi connectivity index (χ2n) is 2.86. The van der Waals surface area contributed by atoms with E-state index in [-0.39, 0.29) is 12.4 Å². The van der Waals surface area contributed by atoms with Crippen LogP contribution < -0.4 is 0 Å². The summed E-state index contributed by atoms with van der Waals surface area (Å²) in [5, 5.41) is 9.66. The molecule has 0 aromatic carbocycles. The van der Waals surface area contributed by atoms with Gasteiger partial charge in [-0.3, -0.25) is 4.57 Å². The maximum atomic E-state index is 10.8. The van der Waals surface area contributed by atoms with Crippen molar-refractivity contribution in [2.75, 3.05) is 7.11 Å². The summed E-state index contributed by atoms with van der Waals surface area (Å²) in [5.41, 5.74) is 0.686. The zero-order valence-corrected chi connectivity index (χ0v) is 7.56. The predicted molar refractivity (Wildman–Crippen MR) is 48.2 cm³/mol. The summed E-state index contributed by atoms with van der Waals surface area (Å²) in [5.74, 6) is -0.992. The third kappa shape index (κ3) is 1.18. The molecule has 0 saturated carbocycles. The number of hydrogen-bond donors (Lipinski definition) is 1. The van der Waals surface area contributed by atoms with Crippen molar-refractivity contribution >= 4 is 17.1 Å². The van der Waals surface area contributed by atoms with Gasteiger partial charge in [0.2, 0.25) is 5.71 Å². The van der Waals surface area contributed by atoms with Crippen LogP contribution in [-0.2, 0) is 11.5 Å². The number of nitrogens with zero attached hydrogens (tertiary/aromatic N) is 1. The SMILES string of the molecule is COCn1c(C(=O)O)cc2ccoc21. The molecule has 0 amide bonds. The lowest BCUT2D eigenvalue weighted by molar-refractivity contribution is 0.0661. The predicted octanol–water partition coefficient (Wildman–Crippen LogP) is 1.54. The van der Waals surface area contributed by atoms with Crippen molar-refractivity contribution in [3.05, 3.63) is 24.1 Å². The summed E-state index contributed by atoms with van der Waals surface area (Å²) in [6, 6.07) is 3.27. The van der Waals surface area contributed by atoms with Gasteiger partial charge in [0.15, 0.2) is 0 Å². The Morgan fingerprint density at radius 2 is 2.50 bits per heavy atom. The number of methoxy groups -OCH3 is 1. The van der Waals surface area contributed by atoms with Gasteiger partial charge in [0, 0.05) is 12.5 Å². The number of fused-ring (bicyclic) bond motifs is 1. The maximum Gasteiger partial charge on any atom is 0.352 e. The molecule has 14 heavy (non-hydrogen) atoms. The second-order valence-corrected chi connectivity index (χ2v) is 2.86. The Bertz CT molecular complexity index is 468. The highest BCUT2D eigenvalue weighted by molar-refractivity contribution is 5.92. The van der Waals surface area contributed by atoms with Crippen LogP contribution in [0, 0.1) is 0 Å². The fourth-order valence-electron chi connectivity index (χ4n) is 1.41. The van der Waals surface area contributed by atoms with Gasteiger partial charge in [-0.15, -0.1) is 0 Å². The third-order valence-electron chi connectivity index (χ3n) is 1.98. The molecule has 0 bridgehead atoms. The largest absolute Gasteiger partial charge is 0.477 e. The number of aromatic carboxylic acids is 1. The zero-order valence-electron chi connectivity index (χ0n) is 7.56.